The molecule has 0 amide bonds. The monoisotopic (exact) mass is 458 g/mol. The number of benzene rings is 2. The Bertz CT molecular complexity index is 1100. The first-order valence-corrected chi connectivity index (χ1v) is 12.2. The van der Waals surface area contributed by atoms with Gasteiger partial charge in [-0.2, -0.15) is 0 Å². The van der Waals surface area contributed by atoms with Gasteiger partial charge in [0.25, 0.3) is 0 Å². The standard InChI is InChI=1S/C28H34N4O2/c1-3-20-17-24(22-9-12-30-13-10-22)18-21(4-2)27(20)31-25-8-5-7-23(26(25)28(33)34)19-32-15-6-11-29-14-16-32/h5,7-10,12-13,17-18,29,31H,3-4,6,11,14-16,19H2,1-2H3,(H,33,34). The van der Waals surface area contributed by atoms with Crippen molar-refractivity contribution < 1.29 is 9.90 Å². The molecule has 1 aliphatic heterocycles. The van der Waals surface area contributed by atoms with E-state index in [1.807, 2.05) is 42.7 Å². The number of carboxylic acids is 1. The fraction of sp³-hybridized carbons (Fsp3) is 0.357. The van der Waals surface area contributed by atoms with Crippen LogP contribution >= 0.6 is 0 Å². The molecule has 1 aromatic heterocycles. The molecular weight excluding hydrogens is 424 g/mol. The SMILES string of the molecule is CCc1cc(-c2ccncc2)cc(CC)c1Nc1cccc(CN2CCCNCC2)c1C(=O)O. The third kappa shape index (κ3) is 5.46. The molecule has 6 nitrogen and oxygen atoms in total. The minimum absolute atomic E-state index is 0.363. The Hall–Kier alpha value is -3.22. The fourth-order valence-electron chi connectivity index (χ4n) is 4.72. The fourth-order valence-corrected chi connectivity index (χ4v) is 4.72. The largest absolute Gasteiger partial charge is 0.478 e. The minimum Gasteiger partial charge on any atom is -0.478 e. The molecule has 6 heteroatoms. The van der Waals surface area contributed by atoms with Crippen molar-refractivity contribution in [3.63, 3.8) is 0 Å². The van der Waals surface area contributed by atoms with Crippen molar-refractivity contribution in [2.45, 2.75) is 39.7 Å². The van der Waals surface area contributed by atoms with Gasteiger partial charge in [-0.25, -0.2) is 4.79 Å². The van der Waals surface area contributed by atoms with Gasteiger partial charge < -0.3 is 15.7 Å². The number of aromatic carboxylic acids is 1. The van der Waals surface area contributed by atoms with Crippen LogP contribution in [-0.4, -0.2) is 47.1 Å². The molecule has 0 bridgehead atoms. The second-order valence-electron chi connectivity index (χ2n) is 8.76. The van der Waals surface area contributed by atoms with Gasteiger partial charge in [-0.3, -0.25) is 9.88 Å². The molecular formula is C28H34N4O2. The van der Waals surface area contributed by atoms with Crippen molar-refractivity contribution in [2.24, 2.45) is 0 Å². The Kier molecular flexibility index (Phi) is 7.93. The van der Waals surface area contributed by atoms with Crippen LogP contribution in [0.4, 0.5) is 11.4 Å². The van der Waals surface area contributed by atoms with Crippen molar-refractivity contribution in [1.82, 2.24) is 15.2 Å². The molecule has 1 aliphatic rings. The maximum absolute atomic E-state index is 12.4. The van der Waals surface area contributed by atoms with Crippen LogP contribution in [0, 0.1) is 0 Å². The lowest BCUT2D eigenvalue weighted by Gasteiger charge is -2.23. The van der Waals surface area contributed by atoms with Crippen molar-refractivity contribution in [3.8, 4) is 11.1 Å². The van der Waals surface area contributed by atoms with Crippen LogP contribution < -0.4 is 10.6 Å². The lowest BCUT2D eigenvalue weighted by Crippen LogP contribution is -2.28. The Morgan fingerprint density at radius 3 is 2.41 bits per heavy atom. The van der Waals surface area contributed by atoms with Crippen LogP contribution in [0.3, 0.4) is 0 Å². The van der Waals surface area contributed by atoms with Crippen molar-refractivity contribution in [2.75, 3.05) is 31.5 Å². The molecule has 0 unspecified atom stereocenters. The molecule has 4 rings (SSSR count). The molecule has 2 aromatic carbocycles. The van der Waals surface area contributed by atoms with Gasteiger partial charge >= 0.3 is 5.97 Å². The lowest BCUT2D eigenvalue weighted by atomic mass is 9.95. The molecule has 178 valence electrons. The van der Waals surface area contributed by atoms with Crippen LogP contribution in [0.25, 0.3) is 11.1 Å². The summed E-state index contributed by atoms with van der Waals surface area (Å²) in [5, 5.41) is 17.1. The summed E-state index contributed by atoms with van der Waals surface area (Å²) in [7, 11) is 0. The Balaban J connectivity index is 1.71. The number of rotatable bonds is 8. The van der Waals surface area contributed by atoms with Crippen LogP contribution in [0.15, 0.2) is 54.9 Å². The smallest absolute Gasteiger partial charge is 0.338 e. The molecule has 0 saturated carbocycles. The summed E-state index contributed by atoms with van der Waals surface area (Å²) in [4.78, 5) is 18.9. The van der Waals surface area contributed by atoms with Gasteiger partial charge in [0.1, 0.15) is 0 Å². The highest BCUT2D eigenvalue weighted by molar-refractivity contribution is 5.97. The number of nitrogens with one attached hydrogen (secondary N) is 2. The zero-order chi connectivity index (χ0) is 23.9. The topological polar surface area (TPSA) is 77.5 Å². The van der Waals surface area contributed by atoms with Gasteiger partial charge in [-0.15, -0.1) is 0 Å². The molecule has 2 heterocycles. The van der Waals surface area contributed by atoms with Crippen LogP contribution in [0.1, 0.15) is 47.3 Å². The maximum Gasteiger partial charge on any atom is 0.338 e. The van der Waals surface area contributed by atoms with E-state index in [9.17, 15) is 9.90 Å². The molecule has 3 N–H and O–H groups in total. The molecule has 1 saturated heterocycles. The number of aromatic nitrogens is 1. The predicted octanol–water partition coefficient (Wildman–Crippen LogP) is 5.11. The van der Waals surface area contributed by atoms with E-state index in [0.717, 1.165) is 67.8 Å². The van der Waals surface area contributed by atoms with Crippen LogP contribution in [-0.2, 0) is 19.4 Å². The number of hydrogen-bond donors (Lipinski definition) is 3. The van der Waals surface area contributed by atoms with E-state index in [-0.39, 0.29) is 0 Å². The van der Waals surface area contributed by atoms with Crippen molar-refractivity contribution in [1.29, 1.82) is 0 Å². The zero-order valence-electron chi connectivity index (χ0n) is 20.1. The average molecular weight is 459 g/mol. The first-order chi connectivity index (χ1) is 16.6. The molecule has 0 atom stereocenters. The molecule has 0 aliphatic carbocycles. The maximum atomic E-state index is 12.4. The van der Waals surface area contributed by atoms with Gasteiger partial charge in [-0.05, 0) is 90.5 Å². The van der Waals surface area contributed by atoms with Gasteiger partial charge in [0.05, 0.1) is 11.3 Å². The summed E-state index contributed by atoms with van der Waals surface area (Å²) in [6, 6.07) is 14.2. The van der Waals surface area contributed by atoms with E-state index in [4.69, 9.17) is 0 Å². The highest BCUT2D eigenvalue weighted by Crippen LogP contribution is 2.34. The Morgan fingerprint density at radius 2 is 1.74 bits per heavy atom. The lowest BCUT2D eigenvalue weighted by molar-refractivity contribution is 0.0695. The number of carbonyl (C=O) groups is 1. The quantitative estimate of drug-likeness (QED) is 0.435. The Morgan fingerprint density at radius 1 is 1.00 bits per heavy atom. The van der Waals surface area contributed by atoms with Gasteiger partial charge in [0, 0.05) is 37.7 Å². The summed E-state index contributed by atoms with van der Waals surface area (Å²) in [6.45, 7) is 8.76. The van der Waals surface area contributed by atoms with Gasteiger partial charge in [0.2, 0.25) is 0 Å². The second kappa shape index (κ2) is 11.3. The third-order valence-corrected chi connectivity index (χ3v) is 6.53. The first kappa shape index (κ1) is 23.9. The third-order valence-electron chi connectivity index (χ3n) is 6.53. The first-order valence-electron chi connectivity index (χ1n) is 12.2. The second-order valence-corrected chi connectivity index (χ2v) is 8.76. The summed E-state index contributed by atoms with van der Waals surface area (Å²) >= 11 is 0. The van der Waals surface area contributed by atoms with Crippen molar-refractivity contribution >= 4 is 17.3 Å². The summed E-state index contributed by atoms with van der Waals surface area (Å²) in [5.74, 6) is -0.893. The van der Waals surface area contributed by atoms with Crippen molar-refractivity contribution in [3.05, 3.63) is 77.1 Å². The Labute approximate surface area is 202 Å². The normalized spacial score (nSPS) is 14.5. The molecule has 3 aromatic rings. The van der Waals surface area contributed by atoms with Gasteiger partial charge in [0.15, 0.2) is 0 Å². The summed E-state index contributed by atoms with van der Waals surface area (Å²) in [6.07, 6.45) is 6.38. The molecule has 1 fully saturated rings. The highest BCUT2D eigenvalue weighted by atomic mass is 16.4. The number of nitrogens with zero attached hydrogens (tertiary/aromatic N) is 2. The minimum atomic E-state index is -0.893. The van der Waals surface area contributed by atoms with E-state index in [1.54, 1.807) is 0 Å². The van der Waals surface area contributed by atoms with Gasteiger partial charge in [-0.1, -0.05) is 26.0 Å². The number of anilines is 2. The molecule has 0 spiro atoms. The van der Waals surface area contributed by atoms with Crippen LogP contribution in [0.2, 0.25) is 0 Å². The highest BCUT2D eigenvalue weighted by Gasteiger charge is 2.20. The number of carboxylic acid groups (broad SMARTS) is 1. The summed E-state index contributed by atoms with van der Waals surface area (Å²) < 4.78 is 0. The van der Waals surface area contributed by atoms with E-state index in [2.05, 4.69) is 46.5 Å². The number of pyridine rings is 1. The number of aryl methyl sites for hydroxylation is 2. The van der Waals surface area contributed by atoms with E-state index < -0.39 is 5.97 Å². The van der Waals surface area contributed by atoms with E-state index >= 15 is 0 Å². The van der Waals surface area contributed by atoms with Crippen LogP contribution in [0.5, 0.6) is 0 Å². The predicted molar refractivity (Wildman–Crippen MR) is 138 cm³/mol. The van der Waals surface area contributed by atoms with E-state index in [1.165, 1.54) is 11.1 Å². The molecule has 34 heavy (non-hydrogen) atoms. The average Bonchev–Trinajstić information content (AvgIpc) is 3.13. The van der Waals surface area contributed by atoms with E-state index in [0.29, 0.717) is 17.8 Å². The zero-order valence-corrected chi connectivity index (χ0v) is 20.1. The molecule has 0 radical (unpaired) electrons. The number of hydrogen-bond acceptors (Lipinski definition) is 5. The summed E-state index contributed by atoms with van der Waals surface area (Å²) in [5.41, 5.74) is 7.51.